The molecule has 0 saturated carbocycles. The van der Waals surface area contributed by atoms with Gasteiger partial charge in [0.15, 0.2) is 0 Å². The Kier molecular flexibility index (Phi) is 4.63. The van der Waals surface area contributed by atoms with E-state index >= 15 is 0 Å². The van der Waals surface area contributed by atoms with Gasteiger partial charge in [0, 0.05) is 24.1 Å². The molecule has 1 N–H and O–H groups in total. The predicted molar refractivity (Wildman–Crippen MR) is 107 cm³/mol. The van der Waals surface area contributed by atoms with Crippen LogP contribution in [-0.4, -0.2) is 20.7 Å². The van der Waals surface area contributed by atoms with Crippen molar-refractivity contribution in [2.75, 3.05) is 5.32 Å². The molecule has 0 fully saturated rings. The molecule has 0 radical (unpaired) electrons. The summed E-state index contributed by atoms with van der Waals surface area (Å²) in [4.78, 5) is 16.7. The van der Waals surface area contributed by atoms with Crippen LogP contribution < -0.4 is 10.1 Å². The lowest BCUT2D eigenvalue weighted by Gasteiger charge is -2.28. The average molecular weight is 376 g/mol. The fraction of sp³-hybridized carbons (Fsp3) is 0.318. The number of carbonyl (C=O) groups is 1. The zero-order valence-electron chi connectivity index (χ0n) is 16.3. The lowest BCUT2D eigenvalue weighted by atomic mass is 9.87. The highest BCUT2D eigenvalue weighted by Crippen LogP contribution is 2.39. The van der Waals surface area contributed by atoms with Crippen LogP contribution in [0.25, 0.3) is 0 Å². The van der Waals surface area contributed by atoms with Crippen molar-refractivity contribution in [1.82, 2.24) is 14.8 Å². The number of fused-ring (bicyclic) bond motifs is 1. The highest BCUT2D eigenvalue weighted by molar-refractivity contribution is 5.94. The Bertz CT molecular complexity index is 989. The number of amides is 1. The van der Waals surface area contributed by atoms with Crippen LogP contribution in [0.3, 0.4) is 0 Å². The standard InChI is InChI=1S/C22H24N4O2/c1-22(2,3)26-21-19(13-24-26)18(12-20(27)25-21)15-7-6-9-17(11-15)28-14-16-8-4-5-10-23-16/h4-11,13,18H,12,14H2,1-3H3,(H,25,27). The average Bonchev–Trinajstić information content (AvgIpc) is 3.11. The molecular formula is C22H24N4O2. The van der Waals surface area contributed by atoms with Crippen molar-refractivity contribution in [1.29, 1.82) is 0 Å². The monoisotopic (exact) mass is 376 g/mol. The van der Waals surface area contributed by atoms with E-state index in [0.29, 0.717) is 13.0 Å². The molecule has 144 valence electrons. The maximum Gasteiger partial charge on any atom is 0.226 e. The first-order valence-corrected chi connectivity index (χ1v) is 9.43. The molecule has 6 heteroatoms. The third-order valence-corrected chi connectivity index (χ3v) is 4.83. The van der Waals surface area contributed by atoms with Gasteiger partial charge in [0.1, 0.15) is 18.2 Å². The third kappa shape index (κ3) is 3.63. The summed E-state index contributed by atoms with van der Waals surface area (Å²) in [7, 11) is 0. The normalized spacial score (nSPS) is 16.4. The van der Waals surface area contributed by atoms with Gasteiger partial charge in [0.2, 0.25) is 5.91 Å². The van der Waals surface area contributed by atoms with Gasteiger partial charge in [-0.2, -0.15) is 5.10 Å². The molecule has 0 saturated heterocycles. The topological polar surface area (TPSA) is 69.0 Å². The van der Waals surface area contributed by atoms with Crippen LogP contribution in [0.4, 0.5) is 5.82 Å². The van der Waals surface area contributed by atoms with Crippen molar-refractivity contribution in [3.63, 3.8) is 0 Å². The van der Waals surface area contributed by atoms with Gasteiger partial charge in [-0.25, -0.2) is 4.68 Å². The van der Waals surface area contributed by atoms with Gasteiger partial charge in [0.05, 0.1) is 17.4 Å². The van der Waals surface area contributed by atoms with Crippen molar-refractivity contribution < 1.29 is 9.53 Å². The van der Waals surface area contributed by atoms with E-state index in [1.807, 2.05) is 53.3 Å². The van der Waals surface area contributed by atoms with E-state index in [2.05, 4.69) is 36.2 Å². The number of hydrogen-bond donors (Lipinski definition) is 1. The smallest absolute Gasteiger partial charge is 0.226 e. The fourth-order valence-corrected chi connectivity index (χ4v) is 3.49. The largest absolute Gasteiger partial charge is 0.487 e. The zero-order chi connectivity index (χ0) is 19.7. The van der Waals surface area contributed by atoms with E-state index in [4.69, 9.17) is 4.74 Å². The summed E-state index contributed by atoms with van der Waals surface area (Å²) < 4.78 is 7.80. The van der Waals surface area contributed by atoms with Gasteiger partial charge in [-0.05, 0) is 50.6 Å². The van der Waals surface area contributed by atoms with E-state index in [9.17, 15) is 4.79 Å². The molecule has 6 nitrogen and oxygen atoms in total. The first-order valence-electron chi connectivity index (χ1n) is 9.43. The molecule has 2 aromatic heterocycles. The quantitative estimate of drug-likeness (QED) is 0.745. The van der Waals surface area contributed by atoms with Crippen LogP contribution in [0.1, 0.15) is 49.9 Å². The molecule has 0 spiro atoms. The van der Waals surface area contributed by atoms with Crippen LogP contribution in [0, 0.1) is 0 Å². The maximum absolute atomic E-state index is 12.4. The van der Waals surface area contributed by atoms with Crippen molar-refractivity contribution in [3.05, 3.63) is 71.7 Å². The van der Waals surface area contributed by atoms with Crippen molar-refractivity contribution in [2.24, 2.45) is 0 Å². The number of rotatable bonds is 4. The van der Waals surface area contributed by atoms with Gasteiger partial charge < -0.3 is 10.1 Å². The summed E-state index contributed by atoms with van der Waals surface area (Å²) in [6, 6.07) is 13.7. The molecule has 0 bridgehead atoms. The number of benzene rings is 1. The molecule has 1 aromatic carbocycles. The second-order valence-corrected chi connectivity index (χ2v) is 8.02. The Balaban J connectivity index is 1.61. The minimum Gasteiger partial charge on any atom is -0.487 e. The number of nitrogens with zero attached hydrogens (tertiary/aromatic N) is 3. The lowest BCUT2D eigenvalue weighted by molar-refractivity contribution is -0.116. The Morgan fingerprint density at radius 2 is 2.07 bits per heavy atom. The molecule has 4 rings (SSSR count). The Morgan fingerprint density at radius 3 is 2.82 bits per heavy atom. The van der Waals surface area contributed by atoms with Gasteiger partial charge >= 0.3 is 0 Å². The van der Waals surface area contributed by atoms with Crippen molar-refractivity contribution >= 4 is 11.7 Å². The Hall–Kier alpha value is -3.15. The summed E-state index contributed by atoms with van der Waals surface area (Å²) in [5.41, 5.74) is 2.74. The van der Waals surface area contributed by atoms with E-state index in [0.717, 1.165) is 28.4 Å². The van der Waals surface area contributed by atoms with Crippen LogP contribution >= 0.6 is 0 Å². The van der Waals surface area contributed by atoms with E-state index in [1.54, 1.807) is 6.20 Å². The molecule has 1 atom stereocenters. The van der Waals surface area contributed by atoms with E-state index in [1.165, 1.54) is 0 Å². The molecule has 0 aliphatic carbocycles. The van der Waals surface area contributed by atoms with Crippen LogP contribution in [0.2, 0.25) is 0 Å². The van der Waals surface area contributed by atoms with Crippen LogP contribution in [0.5, 0.6) is 5.75 Å². The Labute approximate surface area is 164 Å². The van der Waals surface area contributed by atoms with Gasteiger partial charge in [0.25, 0.3) is 0 Å². The molecule has 3 aromatic rings. The summed E-state index contributed by atoms with van der Waals surface area (Å²) in [6.45, 7) is 6.62. The maximum atomic E-state index is 12.4. The molecular weight excluding hydrogens is 352 g/mol. The van der Waals surface area contributed by atoms with Crippen molar-refractivity contribution in [3.8, 4) is 5.75 Å². The number of anilines is 1. The highest BCUT2D eigenvalue weighted by Gasteiger charge is 2.32. The first kappa shape index (κ1) is 18.2. The fourth-order valence-electron chi connectivity index (χ4n) is 3.49. The van der Waals surface area contributed by atoms with Crippen LogP contribution in [-0.2, 0) is 16.9 Å². The summed E-state index contributed by atoms with van der Waals surface area (Å²) in [6.07, 6.45) is 4.02. The van der Waals surface area contributed by atoms with Crippen LogP contribution in [0.15, 0.2) is 54.9 Å². The van der Waals surface area contributed by atoms with E-state index < -0.39 is 0 Å². The number of pyridine rings is 1. The van der Waals surface area contributed by atoms with Crippen molar-refractivity contribution in [2.45, 2.75) is 45.3 Å². The molecule has 1 aliphatic heterocycles. The second-order valence-electron chi connectivity index (χ2n) is 8.02. The summed E-state index contributed by atoms with van der Waals surface area (Å²) in [5.74, 6) is 1.51. The summed E-state index contributed by atoms with van der Waals surface area (Å²) >= 11 is 0. The Morgan fingerprint density at radius 1 is 1.21 bits per heavy atom. The molecule has 1 amide bonds. The minimum absolute atomic E-state index is 0.00306. The third-order valence-electron chi connectivity index (χ3n) is 4.83. The minimum atomic E-state index is -0.212. The predicted octanol–water partition coefficient (Wildman–Crippen LogP) is 4.09. The summed E-state index contributed by atoms with van der Waals surface area (Å²) in [5, 5.41) is 7.54. The first-order chi connectivity index (χ1) is 13.4. The van der Waals surface area contributed by atoms with E-state index in [-0.39, 0.29) is 17.4 Å². The second kappa shape index (κ2) is 7.11. The number of carbonyl (C=O) groups excluding carboxylic acids is 1. The molecule has 28 heavy (non-hydrogen) atoms. The molecule has 3 heterocycles. The SMILES string of the molecule is CC(C)(C)n1ncc2c1NC(=O)CC2c1cccc(OCc2ccccn2)c1. The zero-order valence-corrected chi connectivity index (χ0v) is 16.3. The van der Waals surface area contributed by atoms with Gasteiger partial charge in [-0.15, -0.1) is 0 Å². The number of hydrogen-bond acceptors (Lipinski definition) is 4. The number of aromatic nitrogens is 3. The number of ether oxygens (including phenoxy) is 1. The van der Waals surface area contributed by atoms with Gasteiger partial charge in [-0.1, -0.05) is 18.2 Å². The molecule has 1 aliphatic rings. The lowest BCUT2D eigenvalue weighted by Crippen LogP contribution is -2.30. The van der Waals surface area contributed by atoms with Gasteiger partial charge in [-0.3, -0.25) is 9.78 Å². The molecule has 1 unspecified atom stereocenters. The highest BCUT2D eigenvalue weighted by atomic mass is 16.5. The number of nitrogens with one attached hydrogen (secondary N) is 1.